The van der Waals surface area contributed by atoms with E-state index in [2.05, 4.69) is 17.3 Å². The second-order valence-corrected chi connectivity index (χ2v) is 6.26. The highest BCUT2D eigenvalue weighted by Gasteiger charge is 2.36. The van der Waals surface area contributed by atoms with E-state index in [-0.39, 0.29) is 24.7 Å². The van der Waals surface area contributed by atoms with E-state index in [0.717, 1.165) is 30.5 Å². The van der Waals surface area contributed by atoms with Gasteiger partial charge in [0.1, 0.15) is 0 Å². The zero-order valence-corrected chi connectivity index (χ0v) is 13.5. The molecule has 3 rings (SSSR count). The van der Waals surface area contributed by atoms with Gasteiger partial charge in [0.2, 0.25) is 11.8 Å². The first kappa shape index (κ1) is 15.7. The van der Waals surface area contributed by atoms with Gasteiger partial charge in [0.25, 0.3) is 0 Å². The molecule has 0 aromatic heterocycles. The normalized spacial score (nSPS) is 22.7. The van der Waals surface area contributed by atoms with E-state index >= 15 is 0 Å². The molecule has 5 heteroatoms. The lowest BCUT2D eigenvalue weighted by Crippen LogP contribution is -2.29. The minimum absolute atomic E-state index is 0.0224. The Morgan fingerprint density at radius 2 is 2.04 bits per heavy atom. The molecule has 1 aromatic carbocycles. The number of nitrogens with one attached hydrogen (secondary N) is 1. The molecule has 0 spiro atoms. The molecule has 122 valence electrons. The van der Waals surface area contributed by atoms with E-state index in [0.29, 0.717) is 18.5 Å². The summed E-state index contributed by atoms with van der Waals surface area (Å²) >= 11 is 0. The SMILES string of the molecule is CCC1CC1NC(=O)CCC(=O)N1CCC(c2ccccc2)=N1. The number of carbonyl (C=O) groups is 2. The van der Waals surface area contributed by atoms with Gasteiger partial charge >= 0.3 is 0 Å². The Hall–Kier alpha value is -2.17. The van der Waals surface area contributed by atoms with Crippen LogP contribution in [0.1, 0.15) is 44.6 Å². The van der Waals surface area contributed by atoms with Crippen LogP contribution < -0.4 is 5.32 Å². The van der Waals surface area contributed by atoms with Crippen LogP contribution in [0.25, 0.3) is 0 Å². The lowest BCUT2D eigenvalue weighted by Gasteiger charge is -2.11. The van der Waals surface area contributed by atoms with Crippen LogP contribution in [0.5, 0.6) is 0 Å². The van der Waals surface area contributed by atoms with Gasteiger partial charge in [-0.2, -0.15) is 5.10 Å². The van der Waals surface area contributed by atoms with Crippen molar-refractivity contribution in [2.45, 2.75) is 45.1 Å². The molecule has 0 bridgehead atoms. The Bertz CT molecular complexity index is 612. The summed E-state index contributed by atoms with van der Waals surface area (Å²) in [6.45, 7) is 2.74. The summed E-state index contributed by atoms with van der Waals surface area (Å²) in [5, 5.41) is 8.90. The number of amides is 2. The minimum Gasteiger partial charge on any atom is -0.353 e. The number of nitrogens with zero attached hydrogens (tertiary/aromatic N) is 2. The van der Waals surface area contributed by atoms with E-state index in [4.69, 9.17) is 0 Å². The summed E-state index contributed by atoms with van der Waals surface area (Å²) in [6, 6.07) is 10.2. The van der Waals surface area contributed by atoms with Crippen LogP contribution in [0.4, 0.5) is 0 Å². The number of hydrazone groups is 1. The number of hydrogen-bond donors (Lipinski definition) is 1. The van der Waals surface area contributed by atoms with Gasteiger partial charge in [-0.25, -0.2) is 5.01 Å². The van der Waals surface area contributed by atoms with Crippen LogP contribution >= 0.6 is 0 Å². The molecular formula is C18H23N3O2. The maximum atomic E-state index is 12.2. The zero-order chi connectivity index (χ0) is 16.2. The fourth-order valence-corrected chi connectivity index (χ4v) is 2.97. The number of carbonyl (C=O) groups excluding carboxylic acids is 2. The van der Waals surface area contributed by atoms with Crippen LogP contribution in [-0.4, -0.2) is 35.1 Å². The maximum absolute atomic E-state index is 12.2. The topological polar surface area (TPSA) is 61.8 Å². The van der Waals surface area contributed by atoms with E-state index in [1.54, 1.807) is 0 Å². The van der Waals surface area contributed by atoms with Gasteiger partial charge in [-0.3, -0.25) is 9.59 Å². The van der Waals surface area contributed by atoms with Crippen molar-refractivity contribution in [3.63, 3.8) is 0 Å². The van der Waals surface area contributed by atoms with Gasteiger partial charge < -0.3 is 5.32 Å². The summed E-state index contributed by atoms with van der Waals surface area (Å²) in [4.78, 5) is 24.0. The second-order valence-electron chi connectivity index (χ2n) is 6.26. The average Bonchev–Trinajstić information content (AvgIpc) is 3.13. The average molecular weight is 313 g/mol. The molecule has 5 nitrogen and oxygen atoms in total. The fourth-order valence-electron chi connectivity index (χ4n) is 2.97. The lowest BCUT2D eigenvalue weighted by atomic mass is 10.1. The lowest BCUT2D eigenvalue weighted by molar-refractivity contribution is -0.133. The Morgan fingerprint density at radius 3 is 2.74 bits per heavy atom. The Kier molecular flexibility index (Phi) is 4.74. The maximum Gasteiger partial charge on any atom is 0.243 e. The molecule has 2 atom stereocenters. The molecule has 2 amide bonds. The number of hydrogen-bond acceptors (Lipinski definition) is 3. The van der Waals surface area contributed by atoms with Crippen LogP contribution in [0, 0.1) is 5.92 Å². The Morgan fingerprint density at radius 1 is 1.26 bits per heavy atom. The van der Waals surface area contributed by atoms with Crippen molar-refractivity contribution in [1.29, 1.82) is 0 Å². The molecule has 0 saturated heterocycles. The zero-order valence-electron chi connectivity index (χ0n) is 13.5. The molecule has 1 heterocycles. The van der Waals surface area contributed by atoms with Crippen molar-refractivity contribution >= 4 is 17.5 Å². The second kappa shape index (κ2) is 6.94. The summed E-state index contributed by atoms with van der Waals surface area (Å²) in [5.41, 5.74) is 1.99. The standard InChI is InChI=1S/C18H23N3O2/c1-2-13-12-16(13)19-17(22)8-9-18(23)21-11-10-15(20-21)14-6-4-3-5-7-14/h3-7,13,16H,2,8-12H2,1H3,(H,19,22). The molecule has 1 fully saturated rings. The first-order valence-electron chi connectivity index (χ1n) is 8.40. The molecule has 2 unspecified atom stereocenters. The third kappa shape index (κ3) is 3.97. The quantitative estimate of drug-likeness (QED) is 0.876. The molecule has 1 N–H and O–H groups in total. The van der Waals surface area contributed by atoms with Gasteiger partial charge in [0, 0.05) is 25.3 Å². The van der Waals surface area contributed by atoms with Crippen LogP contribution in [0.15, 0.2) is 35.4 Å². The summed E-state index contributed by atoms with van der Waals surface area (Å²) in [5.74, 6) is 0.533. The Labute approximate surface area is 136 Å². The van der Waals surface area contributed by atoms with Crippen molar-refractivity contribution in [3.05, 3.63) is 35.9 Å². The van der Waals surface area contributed by atoms with Crippen molar-refractivity contribution < 1.29 is 9.59 Å². The van der Waals surface area contributed by atoms with E-state index < -0.39 is 0 Å². The van der Waals surface area contributed by atoms with Crippen LogP contribution in [0.2, 0.25) is 0 Å². The third-order valence-corrected chi connectivity index (χ3v) is 4.56. The predicted octanol–water partition coefficient (Wildman–Crippen LogP) is 2.32. The predicted molar refractivity (Wildman–Crippen MR) is 88.9 cm³/mol. The molecule has 23 heavy (non-hydrogen) atoms. The first-order valence-corrected chi connectivity index (χ1v) is 8.40. The molecule has 0 radical (unpaired) electrons. The summed E-state index contributed by atoms with van der Waals surface area (Å²) < 4.78 is 0. The van der Waals surface area contributed by atoms with Crippen LogP contribution in [0.3, 0.4) is 0 Å². The fraction of sp³-hybridized carbons (Fsp3) is 0.500. The first-order chi connectivity index (χ1) is 11.2. The minimum atomic E-state index is -0.0751. The van der Waals surface area contributed by atoms with E-state index in [1.165, 1.54) is 5.01 Å². The summed E-state index contributed by atoms with van der Waals surface area (Å²) in [7, 11) is 0. The van der Waals surface area contributed by atoms with Gasteiger partial charge in [-0.15, -0.1) is 0 Å². The molecule has 2 aliphatic rings. The molecular weight excluding hydrogens is 290 g/mol. The highest BCUT2D eigenvalue weighted by molar-refractivity contribution is 6.02. The van der Waals surface area contributed by atoms with E-state index in [9.17, 15) is 9.59 Å². The molecule has 1 aliphatic heterocycles. The summed E-state index contributed by atoms with van der Waals surface area (Å²) in [6.07, 6.45) is 3.42. The van der Waals surface area contributed by atoms with Crippen molar-refractivity contribution in [3.8, 4) is 0 Å². The van der Waals surface area contributed by atoms with Crippen molar-refractivity contribution in [2.24, 2.45) is 11.0 Å². The van der Waals surface area contributed by atoms with Gasteiger partial charge in [-0.1, -0.05) is 43.7 Å². The largest absolute Gasteiger partial charge is 0.353 e. The third-order valence-electron chi connectivity index (χ3n) is 4.56. The smallest absolute Gasteiger partial charge is 0.243 e. The monoisotopic (exact) mass is 313 g/mol. The Balaban J connectivity index is 1.46. The van der Waals surface area contributed by atoms with Gasteiger partial charge in [-0.05, 0) is 17.9 Å². The molecule has 1 aliphatic carbocycles. The highest BCUT2D eigenvalue weighted by atomic mass is 16.2. The van der Waals surface area contributed by atoms with Gasteiger partial charge in [0.05, 0.1) is 12.3 Å². The highest BCUT2D eigenvalue weighted by Crippen LogP contribution is 2.33. The molecule has 1 aromatic rings. The van der Waals surface area contributed by atoms with Crippen molar-refractivity contribution in [1.82, 2.24) is 10.3 Å². The number of rotatable bonds is 6. The van der Waals surface area contributed by atoms with Gasteiger partial charge in [0.15, 0.2) is 0 Å². The molecule has 1 saturated carbocycles. The van der Waals surface area contributed by atoms with Crippen molar-refractivity contribution in [2.75, 3.05) is 6.54 Å². The van der Waals surface area contributed by atoms with Crippen LogP contribution in [-0.2, 0) is 9.59 Å². The number of benzene rings is 1. The van der Waals surface area contributed by atoms with E-state index in [1.807, 2.05) is 30.3 Å².